The number of nitrogens with zero attached hydrogens (tertiary/aromatic N) is 4. The molecule has 0 spiro atoms. The molecule has 0 unspecified atom stereocenters. The summed E-state index contributed by atoms with van der Waals surface area (Å²) in [5, 5.41) is 0. The van der Waals surface area contributed by atoms with Gasteiger partial charge in [-0.25, -0.2) is 4.98 Å². The molecule has 0 saturated carbocycles. The number of carbonyl (C=O) groups is 1. The number of amides is 1. The van der Waals surface area contributed by atoms with Gasteiger partial charge in [0.2, 0.25) is 5.91 Å². The van der Waals surface area contributed by atoms with Crippen molar-refractivity contribution in [1.29, 1.82) is 0 Å². The zero-order chi connectivity index (χ0) is 16.4. The zero-order valence-corrected chi connectivity index (χ0v) is 13.5. The molecule has 0 aliphatic carbocycles. The molecule has 0 N–H and O–H groups in total. The molecule has 2 aliphatic heterocycles. The van der Waals surface area contributed by atoms with Crippen LogP contribution in [0.25, 0.3) is 0 Å². The van der Waals surface area contributed by atoms with Crippen LogP contribution in [0.3, 0.4) is 0 Å². The third kappa shape index (κ3) is 2.91. The first-order valence-electron chi connectivity index (χ1n) is 8.32. The molecule has 6 nitrogen and oxygen atoms in total. The molecular weight excluding hydrogens is 304 g/mol. The number of hydrogen-bond acceptors (Lipinski definition) is 5. The minimum atomic E-state index is -0.0806. The fraction of sp³-hybridized carbons (Fsp3) is 0.389. The van der Waals surface area contributed by atoms with E-state index in [1.807, 2.05) is 29.2 Å². The van der Waals surface area contributed by atoms with Crippen LogP contribution in [0.5, 0.6) is 5.75 Å². The molecule has 3 heterocycles. The van der Waals surface area contributed by atoms with Crippen LogP contribution in [0.1, 0.15) is 5.56 Å². The van der Waals surface area contributed by atoms with Gasteiger partial charge in [-0.3, -0.25) is 9.78 Å². The summed E-state index contributed by atoms with van der Waals surface area (Å²) in [6, 6.07) is 7.97. The Labute approximate surface area is 141 Å². The third-order valence-electron chi connectivity index (χ3n) is 4.69. The van der Waals surface area contributed by atoms with Crippen LogP contribution in [0.2, 0.25) is 0 Å². The fourth-order valence-corrected chi connectivity index (χ4v) is 3.36. The molecule has 1 aromatic heterocycles. The number of ether oxygens (including phenoxy) is 1. The van der Waals surface area contributed by atoms with Gasteiger partial charge in [0.15, 0.2) is 0 Å². The molecule has 1 amide bonds. The lowest BCUT2D eigenvalue weighted by Crippen LogP contribution is -2.51. The number of para-hydroxylation sites is 1. The lowest BCUT2D eigenvalue weighted by Gasteiger charge is -2.37. The Balaban J connectivity index is 1.37. The molecule has 24 heavy (non-hydrogen) atoms. The maximum atomic E-state index is 12.8. The summed E-state index contributed by atoms with van der Waals surface area (Å²) >= 11 is 0. The van der Waals surface area contributed by atoms with Gasteiger partial charge < -0.3 is 14.5 Å². The Bertz CT molecular complexity index is 714. The van der Waals surface area contributed by atoms with Crippen LogP contribution in [0.4, 0.5) is 5.82 Å². The second-order valence-electron chi connectivity index (χ2n) is 6.20. The molecule has 1 aromatic carbocycles. The van der Waals surface area contributed by atoms with E-state index in [-0.39, 0.29) is 11.8 Å². The summed E-state index contributed by atoms with van der Waals surface area (Å²) in [5.74, 6) is 1.90. The van der Waals surface area contributed by atoms with E-state index in [9.17, 15) is 4.79 Å². The maximum Gasteiger partial charge on any atom is 0.229 e. The van der Waals surface area contributed by atoms with Gasteiger partial charge >= 0.3 is 0 Å². The van der Waals surface area contributed by atoms with Gasteiger partial charge in [0, 0.05) is 38.6 Å². The molecular formula is C18H20N4O2. The van der Waals surface area contributed by atoms with Crippen molar-refractivity contribution in [2.24, 2.45) is 5.92 Å². The highest BCUT2D eigenvalue weighted by Crippen LogP contribution is 2.28. The minimum Gasteiger partial charge on any atom is -0.492 e. The highest BCUT2D eigenvalue weighted by molar-refractivity contribution is 5.80. The second-order valence-corrected chi connectivity index (χ2v) is 6.20. The van der Waals surface area contributed by atoms with Gasteiger partial charge in [0.1, 0.15) is 18.2 Å². The van der Waals surface area contributed by atoms with Crippen molar-refractivity contribution in [2.45, 2.75) is 6.42 Å². The van der Waals surface area contributed by atoms with Gasteiger partial charge in [0.05, 0.1) is 12.1 Å². The highest BCUT2D eigenvalue weighted by Gasteiger charge is 2.31. The number of rotatable bonds is 2. The van der Waals surface area contributed by atoms with Crippen molar-refractivity contribution < 1.29 is 9.53 Å². The van der Waals surface area contributed by atoms with Crippen LogP contribution in [0, 0.1) is 5.92 Å². The number of anilines is 1. The third-order valence-corrected chi connectivity index (χ3v) is 4.69. The molecule has 4 rings (SSSR count). The number of aromatic nitrogens is 2. The summed E-state index contributed by atoms with van der Waals surface area (Å²) in [4.78, 5) is 25.4. The monoisotopic (exact) mass is 324 g/mol. The fourth-order valence-electron chi connectivity index (χ4n) is 3.36. The van der Waals surface area contributed by atoms with Gasteiger partial charge in [-0.15, -0.1) is 0 Å². The molecule has 1 saturated heterocycles. The van der Waals surface area contributed by atoms with E-state index in [2.05, 4.69) is 14.9 Å². The molecule has 6 heteroatoms. The molecule has 124 valence electrons. The zero-order valence-electron chi connectivity index (χ0n) is 13.5. The lowest BCUT2D eigenvalue weighted by atomic mass is 9.95. The van der Waals surface area contributed by atoms with Gasteiger partial charge in [-0.2, -0.15) is 0 Å². The van der Waals surface area contributed by atoms with E-state index in [0.717, 1.165) is 36.6 Å². The summed E-state index contributed by atoms with van der Waals surface area (Å²) < 4.78 is 5.76. The van der Waals surface area contributed by atoms with E-state index in [0.29, 0.717) is 19.7 Å². The summed E-state index contributed by atoms with van der Waals surface area (Å²) in [6.45, 7) is 3.48. The first-order valence-corrected chi connectivity index (χ1v) is 8.32. The van der Waals surface area contributed by atoms with Crippen LogP contribution in [-0.2, 0) is 11.2 Å². The minimum absolute atomic E-state index is 0.0806. The van der Waals surface area contributed by atoms with Crippen molar-refractivity contribution in [2.75, 3.05) is 37.7 Å². The molecule has 0 bridgehead atoms. The average Bonchev–Trinajstić information content (AvgIpc) is 2.68. The van der Waals surface area contributed by atoms with Gasteiger partial charge in [0.25, 0.3) is 0 Å². The topological polar surface area (TPSA) is 58.6 Å². The molecule has 0 radical (unpaired) electrons. The Morgan fingerprint density at radius 1 is 1.12 bits per heavy atom. The van der Waals surface area contributed by atoms with Gasteiger partial charge in [-0.05, 0) is 18.1 Å². The van der Waals surface area contributed by atoms with Crippen LogP contribution in [-0.4, -0.2) is 53.6 Å². The van der Waals surface area contributed by atoms with Crippen LogP contribution in [0.15, 0.2) is 42.9 Å². The van der Waals surface area contributed by atoms with Crippen molar-refractivity contribution in [3.05, 3.63) is 48.4 Å². The molecule has 1 fully saturated rings. The summed E-state index contributed by atoms with van der Waals surface area (Å²) in [5.41, 5.74) is 1.13. The standard InChI is InChI=1S/C18H20N4O2/c23-18(15-11-14-3-1-2-4-16(14)24-13-15)22-9-7-21(8-10-22)17-12-19-5-6-20-17/h1-6,12,15H,7-11,13H2/t15-/m1/s1. The number of carbonyl (C=O) groups excluding carboxylic acids is 1. The van der Waals surface area contributed by atoms with Crippen molar-refractivity contribution in [1.82, 2.24) is 14.9 Å². The Morgan fingerprint density at radius 2 is 1.96 bits per heavy atom. The lowest BCUT2D eigenvalue weighted by molar-refractivity contribution is -0.137. The quantitative estimate of drug-likeness (QED) is 0.835. The van der Waals surface area contributed by atoms with E-state index in [1.165, 1.54) is 0 Å². The molecule has 1 atom stereocenters. The van der Waals surface area contributed by atoms with E-state index < -0.39 is 0 Å². The van der Waals surface area contributed by atoms with Crippen LogP contribution < -0.4 is 9.64 Å². The Hall–Kier alpha value is -2.63. The van der Waals surface area contributed by atoms with E-state index >= 15 is 0 Å². The number of hydrogen-bond donors (Lipinski definition) is 0. The molecule has 2 aliphatic rings. The number of benzene rings is 1. The summed E-state index contributed by atoms with van der Waals surface area (Å²) in [7, 11) is 0. The maximum absolute atomic E-state index is 12.8. The predicted octanol–water partition coefficient (Wildman–Crippen LogP) is 1.38. The number of fused-ring (bicyclic) bond motifs is 1. The highest BCUT2D eigenvalue weighted by atomic mass is 16.5. The molecule has 2 aromatic rings. The summed E-state index contributed by atoms with van der Waals surface area (Å²) in [6.07, 6.45) is 5.90. The largest absolute Gasteiger partial charge is 0.492 e. The normalized spacial score (nSPS) is 20.2. The van der Waals surface area contributed by atoms with E-state index in [4.69, 9.17) is 4.74 Å². The number of piperazine rings is 1. The first-order chi connectivity index (χ1) is 11.8. The van der Waals surface area contributed by atoms with Crippen molar-refractivity contribution >= 4 is 11.7 Å². The Morgan fingerprint density at radius 3 is 2.75 bits per heavy atom. The second kappa shape index (κ2) is 6.47. The van der Waals surface area contributed by atoms with E-state index in [1.54, 1.807) is 18.6 Å². The van der Waals surface area contributed by atoms with Crippen LogP contribution >= 0.6 is 0 Å². The first kappa shape index (κ1) is 14.9. The Kier molecular flexibility index (Phi) is 4.02. The smallest absolute Gasteiger partial charge is 0.229 e. The SMILES string of the molecule is O=C([C@H]1COc2ccccc2C1)N1CCN(c2cnccn2)CC1. The average molecular weight is 324 g/mol. The van der Waals surface area contributed by atoms with Gasteiger partial charge in [-0.1, -0.05) is 18.2 Å². The van der Waals surface area contributed by atoms with Crippen molar-refractivity contribution in [3.8, 4) is 5.75 Å². The van der Waals surface area contributed by atoms with Crippen molar-refractivity contribution in [3.63, 3.8) is 0 Å². The predicted molar refractivity (Wildman–Crippen MR) is 90.0 cm³/mol.